The Hall–Kier alpha value is -2.28. The molecule has 0 bridgehead atoms. The summed E-state index contributed by atoms with van der Waals surface area (Å²) in [6, 6.07) is 13.4. The molecule has 1 aliphatic carbocycles. The van der Waals surface area contributed by atoms with Crippen LogP contribution >= 0.6 is 11.6 Å². The molecule has 2 heterocycles. The molecule has 3 aliphatic rings. The largest absolute Gasteiger partial charge is 0.493 e. The maximum absolute atomic E-state index is 13.2. The van der Waals surface area contributed by atoms with E-state index in [0.29, 0.717) is 18.2 Å². The van der Waals surface area contributed by atoms with Gasteiger partial charge in [-0.2, -0.15) is 0 Å². The summed E-state index contributed by atoms with van der Waals surface area (Å²) in [5.74, 6) is 1.53. The van der Waals surface area contributed by atoms with Gasteiger partial charge in [0.2, 0.25) is 5.91 Å². The van der Waals surface area contributed by atoms with Crippen molar-refractivity contribution in [2.75, 3.05) is 58.3 Å². The summed E-state index contributed by atoms with van der Waals surface area (Å²) < 4.78 is 11.9. The monoisotopic (exact) mass is 455 g/mol. The van der Waals surface area contributed by atoms with E-state index in [1.807, 2.05) is 42.5 Å². The van der Waals surface area contributed by atoms with Gasteiger partial charge >= 0.3 is 0 Å². The number of halogens is 1. The Labute approximate surface area is 194 Å². The predicted molar refractivity (Wildman–Crippen MR) is 126 cm³/mol. The molecule has 1 N–H and O–H groups in total. The molecule has 1 saturated carbocycles. The standard InChI is InChI=1S/C25H30ClN3O3/c1-28-9-11-29(12-10-28)13-15-32-23-5-3-2-4-21(23)27-24(30)20-17-25(20)8-14-31-22-7-6-18(26)16-19(22)25/h2-7,16,20H,8-15,17H2,1H3,(H,27,30)/t20-,25-/m0/s1. The van der Waals surface area contributed by atoms with Gasteiger partial charge in [-0.1, -0.05) is 23.7 Å². The van der Waals surface area contributed by atoms with E-state index in [9.17, 15) is 4.79 Å². The lowest BCUT2D eigenvalue weighted by Gasteiger charge is -2.32. The van der Waals surface area contributed by atoms with Crippen molar-refractivity contribution < 1.29 is 14.3 Å². The van der Waals surface area contributed by atoms with Gasteiger partial charge in [0.25, 0.3) is 0 Å². The highest BCUT2D eigenvalue weighted by atomic mass is 35.5. The first kappa shape index (κ1) is 21.6. The average molecular weight is 456 g/mol. The van der Waals surface area contributed by atoms with Crippen LogP contribution in [0.15, 0.2) is 42.5 Å². The van der Waals surface area contributed by atoms with E-state index in [4.69, 9.17) is 21.1 Å². The van der Waals surface area contributed by atoms with Crippen molar-refractivity contribution >= 4 is 23.2 Å². The molecule has 2 fully saturated rings. The second kappa shape index (κ2) is 8.93. The van der Waals surface area contributed by atoms with Crippen LogP contribution in [0.3, 0.4) is 0 Å². The Morgan fingerprint density at radius 3 is 2.88 bits per heavy atom. The fourth-order valence-corrected chi connectivity index (χ4v) is 5.16. The van der Waals surface area contributed by atoms with Crippen LogP contribution in [0, 0.1) is 5.92 Å². The smallest absolute Gasteiger partial charge is 0.228 e. The van der Waals surface area contributed by atoms with Crippen LogP contribution in [0.5, 0.6) is 11.5 Å². The molecule has 2 aromatic carbocycles. The van der Waals surface area contributed by atoms with Gasteiger partial charge < -0.3 is 19.7 Å². The average Bonchev–Trinajstić information content (AvgIpc) is 3.52. The molecule has 32 heavy (non-hydrogen) atoms. The van der Waals surface area contributed by atoms with E-state index < -0.39 is 0 Å². The lowest BCUT2D eigenvalue weighted by molar-refractivity contribution is -0.117. The van der Waals surface area contributed by atoms with Gasteiger partial charge in [0, 0.05) is 54.6 Å². The Morgan fingerprint density at radius 1 is 1.22 bits per heavy atom. The topological polar surface area (TPSA) is 54.0 Å². The summed E-state index contributed by atoms with van der Waals surface area (Å²) in [6.07, 6.45) is 1.66. The van der Waals surface area contributed by atoms with Gasteiger partial charge in [0.15, 0.2) is 0 Å². The molecule has 0 aromatic heterocycles. The minimum atomic E-state index is -0.167. The molecule has 2 atom stereocenters. The summed E-state index contributed by atoms with van der Waals surface area (Å²) >= 11 is 6.24. The number of carbonyl (C=O) groups excluding carboxylic acids is 1. The number of amides is 1. The fourth-order valence-electron chi connectivity index (χ4n) is 4.99. The van der Waals surface area contributed by atoms with Crippen molar-refractivity contribution in [3.8, 4) is 11.5 Å². The van der Waals surface area contributed by atoms with E-state index in [1.54, 1.807) is 0 Å². The first-order chi connectivity index (χ1) is 15.5. The van der Waals surface area contributed by atoms with Crippen LogP contribution in [-0.2, 0) is 10.2 Å². The van der Waals surface area contributed by atoms with Crippen molar-refractivity contribution in [1.29, 1.82) is 0 Å². The number of rotatable bonds is 6. The number of hydrogen-bond acceptors (Lipinski definition) is 5. The van der Waals surface area contributed by atoms with E-state index in [-0.39, 0.29) is 17.2 Å². The van der Waals surface area contributed by atoms with E-state index in [1.165, 1.54) is 0 Å². The highest BCUT2D eigenvalue weighted by Crippen LogP contribution is 2.61. The summed E-state index contributed by atoms with van der Waals surface area (Å²) in [6.45, 7) is 6.44. The van der Waals surface area contributed by atoms with Gasteiger partial charge in [-0.15, -0.1) is 0 Å². The number of piperazine rings is 1. The predicted octanol–water partition coefficient (Wildman–Crippen LogP) is 3.65. The second-order valence-corrected chi connectivity index (χ2v) is 9.57. The molecule has 1 spiro atoms. The number of hydrogen-bond donors (Lipinski definition) is 1. The Kier molecular flexibility index (Phi) is 6.01. The highest BCUT2D eigenvalue weighted by molar-refractivity contribution is 6.30. The first-order valence-corrected chi connectivity index (χ1v) is 11.8. The number of ether oxygens (including phenoxy) is 2. The maximum atomic E-state index is 13.2. The van der Waals surface area contributed by atoms with Gasteiger partial charge in [-0.3, -0.25) is 9.69 Å². The maximum Gasteiger partial charge on any atom is 0.228 e. The number of fused-ring (bicyclic) bond motifs is 2. The summed E-state index contributed by atoms with van der Waals surface area (Å²) in [4.78, 5) is 18.0. The molecule has 0 radical (unpaired) electrons. The van der Waals surface area contributed by atoms with Gasteiger partial charge in [-0.25, -0.2) is 0 Å². The van der Waals surface area contributed by atoms with Crippen molar-refractivity contribution in [2.45, 2.75) is 18.3 Å². The third kappa shape index (κ3) is 4.32. The number of nitrogens with zero attached hydrogens (tertiary/aromatic N) is 2. The number of anilines is 1. The minimum Gasteiger partial charge on any atom is -0.493 e. The second-order valence-electron chi connectivity index (χ2n) is 9.13. The Balaban J connectivity index is 1.22. The quantitative estimate of drug-likeness (QED) is 0.720. The van der Waals surface area contributed by atoms with Crippen LogP contribution < -0.4 is 14.8 Å². The molecule has 1 saturated heterocycles. The lowest BCUT2D eigenvalue weighted by atomic mass is 9.87. The van der Waals surface area contributed by atoms with Gasteiger partial charge in [0.1, 0.15) is 18.1 Å². The van der Waals surface area contributed by atoms with Crippen LogP contribution in [0.4, 0.5) is 5.69 Å². The van der Waals surface area contributed by atoms with Gasteiger partial charge in [0.05, 0.1) is 12.3 Å². The van der Waals surface area contributed by atoms with Gasteiger partial charge in [-0.05, 0) is 50.2 Å². The number of para-hydroxylation sites is 2. The van der Waals surface area contributed by atoms with Crippen LogP contribution in [0.1, 0.15) is 18.4 Å². The summed E-state index contributed by atoms with van der Waals surface area (Å²) in [7, 11) is 2.16. The summed E-state index contributed by atoms with van der Waals surface area (Å²) in [5.41, 5.74) is 1.63. The number of benzene rings is 2. The third-order valence-electron chi connectivity index (χ3n) is 7.08. The molecular formula is C25H30ClN3O3. The lowest BCUT2D eigenvalue weighted by Crippen LogP contribution is -2.45. The minimum absolute atomic E-state index is 0.0351. The van der Waals surface area contributed by atoms with Crippen molar-refractivity contribution in [2.24, 2.45) is 5.92 Å². The zero-order chi connectivity index (χ0) is 22.1. The van der Waals surface area contributed by atoms with E-state index in [0.717, 1.165) is 68.3 Å². The number of likely N-dealkylation sites (N-methyl/N-ethyl adjacent to an activating group) is 1. The number of nitrogens with one attached hydrogen (secondary N) is 1. The zero-order valence-corrected chi connectivity index (χ0v) is 19.2. The van der Waals surface area contributed by atoms with Crippen molar-refractivity contribution in [3.63, 3.8) is 0 Å². The highest BCUT2D eigenvalue weighted by Gasteiger charge is 2.61. The van der Waals surface area contributed by atoms with E-state index >= 15 is 0 Å². The Morgan fingerprint density at radius 2 is 2.03 bits per heavy atom. The molecule has 6 nitrogen and oxygen atoms in total. The molecule has 2 aromatic rings. The molecule has 1 amide bonds. The van der Waals surface area contributed by atoms with Crippen molar-refractivity contribution in [1.82, 2.24) is 9.80 Å². The van der Waals surface area contributed by atoms with Crippen molar-refractivity contribution in [3.05, 3.63) is 53.1 Å². The van der Waals surface area contributed by atoms with Crippen LogP contribution in [0.2, 0.25) is 5.02 Å². The van der Waals surface area contributed by atoms with E-state index in [2.05, 4.69) is 22.2 Å². The Bertz CT molecular complexity index is 992. The normalized spacial score (nSPS) is 25.1. The molecule has 2 aliphatic heterocycles. The van der Waals surface area contributed by atoms with Crippen LogP contribution in [-0.4, -0.2) is 68.7 Å². The molecule has 170 valence electrons. The molecule has 5 rings (SSSR count). The number of carbonyl (C=O) groups is 1. The molecule has 0 unspecified atom stereocenters. The first-order valence-electron chi connectivity index (χ1n) is 11.4. The SMILES string of the molecule is CN1CCN(CCOc2ccccc2NC(=O)[C@@H]2C[C@]23CCOc2ccc(Cl)cc23)CC1. The molecular weight excluding hydrogens is 426 g/mol. The third-order valence-corrected chi connectivity index (χ3v) is 7.32. The van der Waals surface area contributed by atoms with Crippen LogP contribution in [0.25, 0.3) is 0 Å². The zero-order valence-electron chi connectivity index (χ0n) is 18.5. The molecule has 7 heteroatoms. The summed E-state index contributed by atoms with van der Waals surface area (Å²) in [5, 5.41) is 3.81. The fraction of sp³-hybridized carbons (Fsp3) is 0.480.